The van der Waals surface area contributed by atoms with E-state index >= 15 is 0 Å². The molecule has 0 aromatic carbocycles. The molecular weight excluding hydrogens is 528 g/mol. The van der Waals surface area contributed by atoms with Crippen LogP contribution in [0.15, 0.2) is 0 Å². The highest BCUT2D eigenvalue weighted by atomic mass is 16.5. The summed E-state index contributed by atoms with van der Waals surface area (Å²) in [7, 11) is 0. The van der Waals surface area contributed by atoms with Gasteiger partial charge in [-0.25, -0.2) is 0 Å². The van der Waals surface area contributed by atoms with Gasteiger partial charge in [-0.05, 0) is 64.2 Å². The van der Waals surface area contributed by atoms with Crippen molar-refractivity contribution in [3.8, 4) is 0 Å². The Morgan fingerprint density at radius 2 is 0.698 bits per heavy atom. The minimum atomic E-state index is 0.455. The molecule has 3 heteroatoms. The highest BCUT2D eigenvalue weighted by Crippen LogP contribution is 2.26. The van der Waals surface area contributed by atoms with Gasteiger partial charge in [-0.3, -0.25) is 0 Å². The second-order valence-electron chi connectivity index (χ2n) is 14.5. The lowest BCUT2D eigenvalue weighted by Gasteiger charge is -2.30. The van der Waals surface area contributed by atoms with E-state index in [9.17, 15) is 0 Å². The molecular formula is C40H78O3. The first-order valence-corrected chi connectivity index (χ1v) is 20.2. The first-order valence-electron chi connectivity index (χ1n) is 20.2. The van der Waals surface area contributed by atoms with Crippen LogP contribution >= 0.6 is 0 Å². The van der Waals surface area contributed by atoms with Crippen molar-refractivity contribution in [3.05, 3.63) is 0 Å². The highest BCUT2D eigenvalue weighted by molar-refractivity contribution is 4.72. The zero-order chi connectivity index (χ0) is 30.5. The van der Waals surface area contributed by atoms with Crippen molar-refractivity contribution in [1.82, 2.24) is 0 Å². The third-order valence-electron chi connectivity index (χ3n) is 10.3. The van der Waals surface area contributed by atoms with Crippen LogP contribution in [0.2, 0.25) is 0 Å². The van der Waals surface area contributed by atoms with E-state index in [1.165, 1.54) is 205 Å². The Labute approximate surface area is 270 Å². The molecule has 4 atom stereocenters. The van der Waals surface area contributed by atoms with Gasteiger partial charge in [0.25, 0.3) is 0 Å². The van der Waals surface area contributed by atoms with Crippen LogP contribution in [0, 0.1) is 0 Å². The maximum atomic E-state index is 7.02. The molecule has 0 aromatic rings. The summed E-state index contributed by atoms with van der Waals surface area (Å²) in [6.45, 7) is 6.58. The third-order valence-corrected chi connectivity index (χ3v) is 10.3. The van der Waals surface area contributed by atoms with Crippen LogP contribution in [0.1, 0.15) is 219 Å². The standard InChI is InChI=1S/C40H78O3/c1-3-5-7-9-11-13-15-17-19-21-23-27-39(31-25-29-37-33-35-41-37)43-40(32-26-30-38-34-36-42-38)28-24-22-20-18-16-14-12-10-8-6-4-2/h37-40H,3-36H2,1-2H3. The smallest absolute Gasteiger partial charge is 0.0597 e. The van der Waals surface area contributed by atoms with Crippen LogP contribution in [-0.2, 0) is 14.2 Å². The second kappa shape index (κ2) is 29.3. The van der Waals surface area contributed by atoms with Crippen LogP contribution in [0.4, 0.5) is 0 Å². The summed E-state index contributed by atoms with van der Waals surface area (Å²) in [6, 6.07) is 0. The largest absolute Gasteiger partial charge is 0.378 e. The van der Waals surface area contributed by atoms with Crippen LogP contribution < -0.4 is 0 Å². The average Bonchev–Trinajstić information content (AvgIpc) is 2.96. The molecule has 2 saturated heterocycles. The summed E-state index contributed by atoms with van der Waals surface area (Å²) in [5.41, 5.74) is 0. The van der Waals surface area contributed by atoms with Crippen molar-refractivity contribution in [2.45, 2.75) is 244 Å². The Kier molecular flexibility index (Phi) is 26.6. The molecule has 43 heavy (non-hydrogen) atoms. The number of hydrogen-bond donors (Lipinski definition) is 0. The van der Waals surface area contributed by atoms with Crippen molar-refractivity contribution >= 4 is 0 Å². The fourth-order valence-electron chi connectivity index (χ4n) is 7.08. The van der Waals surface area contributed by atoms with Crippen LogP contribution in [0.25, 0.3) is 0 Å². The molecule has 0 amide bonds. The summed E-state index contributed by atoms with van der Waals surface area (Å²) in [5.74, 6) is 0. The van der Waals surface area contributed by atoms with Crippen molar-refractivity contribution in [3.63, 3.8) is 0 Å². The number of hydrogen-bond acceptors (Lipinski definition) is 3. The van der Waals surface area contributed by atoms with Gasteiger partial charge in [0.15, 0.2) is 0 Å². The van der Waals surface area contributed by atoms with Gasteiger partial charge in [-0.2, -0.15) is 0 Å². The molecule has 2 aliphatic heterocycles. The van der Waals surface area contributed by atoms with E-state index in [2.05, 4.69) is 13.8 Å². The lowest BCUT2D eigenvalue weighted by molar-refractivity contribution is -0.0669. The highest BCUT2D eigenvalue weighted by Gasteiger charge is 2.22. The van der Waals surface area contributed by atoms with Gasteiger partial charge in [0, 0.05) is 13.2 Å². The molecule has 0 aromatic heterocycles. The Morgan fingerprint density at radius 1 is 0.419 bits per heavy atom. The first kappa shape index (κ1) is 39.1. The van der Waals surface area contributed by atoms with E-state index in [-0.39, 0.29) is 0 Å². The molecule has 0 aliphatic carbocycles. The molecule has 2 fully saturated rings. The van der Waals surface area contributed by atoms with Crippen LogP contribution in [0.3, 0.4) is 0 Å². The van der Waals surface area contributed by atoms with E-state index in [0.29, 0.717) is 24.4 Å². The summed E-state index contributed by atoms with van der Waals surface area (Å²) in [5, 5.41) is 0. The second-order valence-corrected chi connectivity index (χ2v) is 14.5. The van der Waals surface area contributed by atoms with Gasteiger partial charge in [0.2, 0.25) is 0 Å². The number of rotatable bonds is 34. The maximum Gasteiger partial charge on any atom is 0.0597 e. The van der Waals surface area contributed by atoms with Gasteiger partial charge in [-0.15, -0.1) is 0 Å². The number of unbranched alkanes of at least 4 members (excludes halogenated alkanes) is 20. The van der Waals surface area contributed by atoms with Crippen molar-refractivity contribution < 1.29 is 14.2 Å². The molecule has 0 N–H and O–H groups in total. The van der Waals surface area contributed by atoms with Crippen molar-refractivity contribution in [2.75, 3.05) is 13.2 Å². The third kappa shape index (κ3) is 22.9. The molecule has 4 unspecified atom stereocenters. The van der Waals surface area contributed by atoms with Crippen molar-refractivity contribution in [2.24, 2.45) is 0 Å². The quantitative estimate of drug-likeness (QED) is 0.0682. The fraction of sp³-hybridized carbons (Fsp3) is 1.00. The molecule has 0 spiro atoms. The molecule has 0 radical (unpaired) electrons. The monoisotopic (exact) mass is 607 g/mol. The zero-order valence-corrected chi connectivity index (χ0v) is 29.6. The van der Waals surface area contributed by atoms with Gasteiger partial charge in [0.1, 0.15) is 0 Å². The molecule has 256 valence electrons. The maximum absolute atomic E-state index is 7.02. The Balaban J connectivity index is 1.65. The topological polar surface area (TPSA) is 27.7 Å². The predicted octanol–water partition coefficient (Wildman–Crippen LogP) is 13.1. The van der Waals surface area contributed by atoms with E-state index in [1.807, 2.05) is 0 Å². The predicted molar refractivity (Wildman–Crippen MR) is 187 cm³/mol. The first-order chi connectivity index (χ1) is 21.3. The van der Waals surface area contributed by atoms with E-state index < -0.39 is 0 Å². The minimum Gasteiger partial charge on any atom is -0.378 e. The van der Waals surface area contributed by atoms with E-state index in [4.69, 9.17) is 14.2 Å². The Morgan fingerprint density at radius 3 is 0.977 bits per heavy atom. The summed E-state index contributed by atoms with van der Waals surface area (Å²) >= 11 is 0. The molecule has 0 saturated carbocycles. The zero-order valence-electron chi connectivity index (χ0n) is 29.6. The Bertz CT molecular complexity index is 510. The molecule has 3 nitrogen and oxygen atoms in total. The Hall–Kier alpha value is -0.120. The summed E-state index contributed by atoms with van der Waals surface area (Å²) < 4.78 is 18.5. The van der Waals surface area contributed by atoms with Crippen molar-refractivity contribution in [1.29, 1.82) is 0 Å². The fourth-order valence-corrected chi connectivity index (χ4v) is 7.08. The number of ether oxygens (including phenoxy) is 3. The normalized spacial score (nSPS) is 19.7. The minimum absolute atomic E-state index is 0.455. The molecule has 2 rings (SSSR count). The van der Waals surface area contributed by atoms with Gasteiger partial charge >= 0.3 is 0 Å². The van der Waals surface area contributed by atoms with Crippen LogP contribution in [0.5, 0.6) is 0 Å². The lowest BCUT2D eigenvalue weighted by atomic mass is 9.98. The summed E-state index contributed by atoms with van der Waals surface area (Å²) in [6.07, 6.45) is 45.8. The summed E-state index contributed by atoms with van der Waals surface area (Å²) in [4.78, 5) is 0. The molecule has 2 heterocycles. The average molecular weight is 607 g/mol. The van der Waals surface area contributed by atoms with E-state index in [0.717, 1.165) is 13.2 Å². The lowest BCUT2D eigenvalue weighted by Crippen LogP contribution is -2.28. The van der Waals surface area contributed by atoms with E-state index in [1.54, 1.807) is 0 Å². The van der Waals surface area contributed by atoms with Crippen LogP contribution in [-0.4, -0.2) is 37.6 Å². The molecule has 0 bridgehead atoms. The SMILES string of the molecule is CCCCCCCCCCCCCC(CCCC1CCO1)OC(CCCCCCCCCCCCC)CCCC1CCO1. The van der Waals surface area contributed by atoms with Gasteiger partial charge < -0.3 is 14.2 Å². The van der Waals surface area contributed by atoms with Gasteiger partial charge in [0.05, 0.1) is 24.4 Å². The van der Waals surface area contributed by atoms with Gasteiger partial charge in [-0.1, -0.05) is 155 Å². The molecule has 2 aliphatic rings.